The molecule has 4 rings (SSSR count). The van der Waals surface area contributed by atoms with E-state index in [4.69, 9.17) is 0 Å². The molecule has 0 unspecified atom stereocenters. The highest BCUT2D eigenvalue weighted by Gasteiger charge is 2.23. The van der Waals surface area contributed by atoms with Crippen molar-refractivity contribution in [3.05, 3.63) is 53.9 Å². The Morgan fingerprint density at radius 2 is 1.63 bits per heavy atom. The first-order valence-corrected chi connectivity index (χ1v) is 9.74. The molecule has 0 spiro atoms. The van der Waals surface area contributed by atoms with Crippen LogP contribution in [0.1, 0.15) is 33.7 Å². The summed E-state index contributed by atoms with van der Waals surface area (Å²) in [7, 11) is 0. The Morgan fingerprint density at radius 3 is 2.33 bits per heavy atom. The lowest BCUT2D eigenvalue weighted by molar-refractivity contribution is 0.0787. The summed E-state index contributed by atoms with van der Waals surface area (Å²) < 4.78 is 0. The number of carbonyl (C=O) groups excluding carboxylic acids is 2. The van der Waals surface area contributed by atoms with Crippen LogP contribution in [0.4, 0.5) is 5.69 Å². The zero-order valence-electron chi connectivity index (χ0n) is 15.6. The molecule has 2 saturated heterocycles. The van der Waals surface area contributed by atoms with Gasteiger partial charge in [0.2, 0.25) is 0 Å². The molecule has 0 radical (unpaired) electrons. The Balaban J connectivity index is 1.30. The molecular formula is C21H26N4O2. The summed E-state index contributed by atoms with van der Waals surface area (Å²) in [6.45, 7) is 5.60. The number of nitrogens with zero attached hydrogens (tertiary/aromatic N) is 3. The highest BCUT2D eigenvalue weighted by molar-refractivity contribution is 6.01. The first-order chi connectivity index (χ1) is 13.2. The molecule has 1 aromatic heterocycles. The fourth-order valence-electron chi connectivity index (χ4n) is 3.87. The second kappa shape index (κ2) is 7.96. The van der Waals surface area contributed by atoms with E-state index in [1.165, 1.54) is 5.69 Å². The molecule has 142 valence electrons. The number of benzene rings is 1. The van der Waals surface area contributed by atoms with E-state index in [-0.39, 0.29) is 11.7 Å². The Labute approximate surface area is 159 Å². The van der Waals surface area contributed by atoms with Crippen molar-refractivity contribution in [1.29, 1.82) is 0 Å². The summed E-state index contributed by atoms with van der Waals surface area (Å²) in [6, 6.07) is 12.1. The molecule has 2 aliphatic rings. The molecule has 0 bridgehead atoms. The van der Waals surface area contributed by atoms with Crippen LogP contribution >= 0.6 is 0 Å². The second-order valence-electron chi connectivity index (χ2n) is 7.32. The molecule has 0 aliphatic carbocycles. The van der Waals surface area contributed by atoms with E-state index in [9.17, 15) is 9.59 Å². The summed E-state index contributed by atoms with van der Waals surface area (Å²) in [6.07, 6.45) is 3.80. The van der Waals surface area contributed by atoms with Crippen LogP contribution < -0.4 is 4.90 Å². The number of hydrogen-bond acceptors (Lipinski definition) is 4. The minimum Gasteiger partial charge on any atom is -0.369 e. The summed E-state index contributed by atoms with van der Waals surface area (Å²) in [4.78, 5) is 34.4. The number of Topliss-reactive ketones (excluding diaryl/α,β-unsaturated/α-hetero) is 1. The van der Waals surface area contributed by atoms with E-state index >= 15 is 0 Å². The first-order valence-electron chi connectivity index (χ1n) is 9.74. The van der Waals surface area contributed by atoms with Crippen molar-refractivity contribution in [2.75, 3.05) is 50.7 Å². The number of anilines is 1. The van der Waals surface area contributed by atoms with E-state index in [0.29, 0.717) is 17.8 Å². The molecule has 1 aromatic carbocycles. The maximum Gasteiger partial charge on any atom is 0.270 e. The third kappa shape index (κ3) is 4.06. The molecule has 2 aromatic rings. The number of para-hydroxylation sites is 1. The SMILES string of the molecule is O=C(CN1CCN(c2ccccc2)CC1)c1c[nH]c(C(=O)N2CCCC2)c1. The fraction of sp³-hybridized carbons (Fsp3) is 0.429. The number of carbonyl (C=O) groups is 2. The van der Waals surface area contributed by atoms with Gasteiger partial charge in [0.25, 0.3) is 5.91 Å². The lowest BCUT2D eigenvalue weighted by Gasteiger charge is -2.35. The summed E-state index contributed by atoms with van der Waals surface area (Å²) >= 11 is 0. The molecule has 2 fully saturated rings. The number of aromatic nitrogens is 1. The smallest absolute Gasteiger partial charge is 0.270 e. The molecule has 3 heterocycles. The number of likely N-dealkylation sites (tertiary alicyclic amines) is 1. The first kappa shape index (κ1) is 17.8. The molecular weight excluding hydrogens is 340 g/mol. The van der Waals surface area contributed by atoms with Gasteiger partial charge >= 0.3 is 0 Å². The van der Waals surface area contributed by atoms with Crippen LogP contribution in [0, 0.1) is 0 Å². The maximum absolute atomic E-state index is 12.6. The van der Waals surface area contributed by atoms with Crippen LogP contribution in [0.25, 0.3) is 0 Å². The van der Waals surface area contributed by atoms with E-state index < -0.39 is 0 Å². The van der Waals surface area contributed by atoms with Gasteiger partial charge in [-0.2, -0.15) is 0 Å². The average molecular weight is 366 g/mol. The van der Waals surface area contributed by atoms with Crippen molar-refractivity contribution < 1.29 is 9.59 Å². The number of amides is 1. The number of rotatable bonds is 5. The van der Waals surface area contributed by atoms with E-state index in [0.717, 1.165) is 52.1 Å². The van der Waals surface area contributed by atoms with Crippen molar-refractivity contribution >= 4 is 17.4 Å². The topological polar surface area (TPSA) is 59.7 Å². The van der Waals surface area contributed by atoms with Crippen molar-refractivity contribution in [1.82, 2.24) is 14.8 Å². The van der Waals surface area contributed by atoms with Crippen molar-refractivity contribution in [2.24, 2.45) is 0 Å². The van der Waals surface area contributed by atoms with Crippen molar-refractivity contribution in [3.8, 4) is 0 Å². The normalized spacial score (nSPS) is 18.1. The minimum absolute atomic E-state index is 0.00280. The van der Waals surface area contributed by atoms with Gasteiger partial charge in [0.1, 0.15) is 5.69 Å². The summed E-state index contributed by atoms with van der Waals surface area (Å²) in [5, 5.41) is 0. The molecule has 1 amide bonds. The number of H-pyrrole nitrogens is 1. The lowest BCUT2D eigenvalue weighted by Crippen LogP contribution is -2.47. The van der Waals surface area contributed by atoms with Crippen LogP contribution in [0.5, 0.6) is 0 Å². The van der Waals surface area contributed by atoms with Gasteiger partial charge in [0.15, 0.2) is 5.78 Å². The van der Waals surface area contributed by atoms with Crippen LogP contribution in [0.3, 0.4) is 0 Å². The third-order valence-electron chi connectivity index (χ3n) is 5.49. The molecule has 1 N–H and O–H groups in total. The van der Waals surface area contributed by atoms with Gasteiger partial charge in [-0.1, -0.05) is 18.2 Å². The van der Waals surface area contributed by atoms with Gasteiger partial charge in [-0.25, -0.2) is 0 Å². The maximum atomic E-state index is 12.6. The minimum atomic E-state index is 0.00280. The number of hydrogen-bond donors (Lipinski definition) is 1. The largest absolute Gasteiger partial charge is 0.369 e. The van der Waals surface area contributed by atoms with Gasteiger partial charge in [-0.15, -0.1) is 0 Å². The fourth-order valence-corrected chi connectivity index (χ4v) is 3.87. The Kier molecular flexibility index (Phi) is 5.25. The number of ketones is 1. The zero-order chi connectivity index (χ0) is 18.6. The van der Waals surface area contributed by atoms with Crippen LogP contribution in [-0.4, -0.2) is 72.3 Å². The average Bonchev–Trinajstić information content (AvgIpc) is 3.41. The van der Waals surface area contributed by atoms with Crippen LogP contribution in [0.2, 0.25) is 0 Å². The molecule has 6 heteroatoms. The molecule has 2 aliphatic heterocycles. The van der Waals surface area contributed by atoms with E-state index in [1.807, 2.05) is 11.0 Å². The monoisotopic (exact) mass is 366 g/mol. The molecule has 27 heavy (non-hydrogen) atoms. The highest BCUT2D eigenvalue weighted by Crippen LogP contribution is 2.17. The quantitative estimate of drug-likeness (QED) is 0.825. The van der Waals surface area contributed by atoms with Gasteiger partial charge in [-0.05, 0) is 31.0 Å². The lowest BCUT2D eigenvalue weighted by atomic mass is 10.1. The van der Waals surface area contributed by atoms with Gasteiger partial charge < -0.3 is 14.8 Å². The van der Waals surface area contributed by atoms with Crippen molar-refractivity contribution in [2.45, 2.75) is 12.8 Å². The number of nitrogens with one attached hydrogen (secondary N) is 1. The molecule has 0 atom stereocenters. The second-order valence-corrected chi connectivity index (χ2v) is 7.32. The summed E-state index contributed by atoms with van der Waals surface area (Å²) in [5.41, 5.74) is 2.36. The van der Waals surface area contributed by atoms with Gasteiger partial charge in [-0.3, -0.25) is 14.5 Å². The highest BCUT2D eigenvalue weighted by atomic mass is 16.2. The Morgan fingerprint density at radius 1 is 0.926 bits per heavy atom. The zero-order valence-corrected chi connectivity index (χ0v) is 15.6. The third-order valence-corrected chi connectivity index (χ3v) is 5.49. The molecule has 0 saturated carbocycles. The standard InChI is InChI=1S/C21H26N4O2/c26-20(17-14-19(22-15-17)21(27)25-8-4-5-9-25)16-23-10-12-24(13-11-23)18-6-2-1-3-7-18/h1-3,6-7,14-15,22H,4-5,8-13,16H2. The van der Waals surface area contributed by atoms with Gasteiger partial charge in [0.05, 0.1) is 6.54 Å². The number of aromatic amines is 1. The van der Waals surface area contributed by atoms with Crippen LogP contribution in [0.15, 0.2) is 42.6 Å². The van der Waals surface area contributed by atoms with Crippen LogP contribution in [-0.2, 0) is 0 Å². The predicted octanol–water partition coefficient (Wildman–Crippen LogP) is 2.26. The Hall–Kier alpha value is -2.60. The molecule has 6 nitrogen and oxygen atoms in total. The van der Waals surface area contributed by atoms with Gasteiger partial charge in [0, 0.05) is 56.7 Å². The summed E-state index contributed by atoms with van der Waals surface area (Å²) in [5.74, 6) is 0.0721. The van der Waals surface area contributed by atoms with E-state index in [2.05, 4.69) is 39.0 Å². The van der Waals surface area contributed by atoms with E-state index in [1.54, 1.807) is 12.3 Å². The predicted molar refractivity (Wildman–Crippen MR) is 105 cm³/mol. The Bertz CT molecular complexity index is 788. The number of piperazine rings is 1. The van der Waals surface area contributed by atoms with Crippen molar-refractivity contribution in [3.63, 3.8) is 0 Å².